The van der Waals surface area contributed by atoms with E-state index in [1.807, 2.05) is 11.4 Å². The lowest BCUT2D eigenvalue weighted by Crippen LogP contribution is -2.25. The Morgan fingerprint density at radius 1 is 1.39 bits per heavy atom. The zero-order valence-corrected chi connectivity index (χ0v) is 14.8. The number of anilines is 1. The van der Waals surface area contributed by atoms with Crippen LogP contribution < -0.4 is 10.6 Å². The molecule has 2 heterocycles. The molecular formula is C15H18Cl2FN3OS. The third-order valence-electron chi connectivity index (χ3n) is 3.53. The van der Waals surface area contributed by atoms with Gasteiger partial charge in [0, 0.05) is 31.0 Å². The Kier molecular flexibility index (Phi) is 7.91. The van der Waals surface area contributed by atoms with Crippen molar-refractivity contribution in [2.75, 3.05) is 11.9 Å². The summed E-state index contributed by atoms with van der Waals surface area (Å²) in [5.41, 5.74) is 1.96. The minimum Gasteiger partial charge on any atom is -0.324 e. The molecule has 0 saturated heterocycles. The van der Waals surface area contributed by atoms with E-state index in [4.69, 9.17) is 0 Å². The van der Waals surface area contributed by atoms with Gasteiger partial charge in [-0.05, 0) is 30.2 Å². The standard InChI is InChI=1S/C15H16FN3OS.2ClH/c16-15-11-5-6-17-9-10(11)1-2-12(15)19-13(20)3-4-14-18-7-8-21-14;;/h1-2,7-8,17H,3-6,9H2,(H,19,20);2*1H. The van der Waals surface area contributed by atoms with Crippen molar-refractivity contribution >= 4 is 47.7 Å². The quantitative estimate of drug-likeness (QED) is 0.858. The number of carbonyl (C=O) groups is 1. The van der Waals surface area contributed by atoms with Gasteiger partial charge < -0.3 is 10.6 Å². The van der Waals surface area contributed by atoms with E-state index < -0.39 is 0 Å². The molecule has 2 N–H and O–H groups in total. The normalized spacial score (nSPS) is 12.6. The molecule has 23 heavy (non-hydrogen) atoms. The summed E-state index contributed by atoms with van der Waals surface area (Å²) < 4.78 is 14.4. The van der Waals surface area contributed by atoms with Crippen LogP contribution in [0.5, 0.6) is 0 Å². The van der Waals surface area contributed by atoms with Crippen molar-refractivity contribution in [3.8, 4) is 0 Å². The van der Waals surface area contributed by atoms with E-state index in [2.05, 4.69) is 15.6 Å². The molecule has 8 heteroatoms. The number of halogens is 3. The molecule has 1 aliphatic heterocycles. The molecule has 1 aromatic carbocycles. The molecule has 3 rings (SSSR count). The van der Waals surface area contributed by atoms with Crippen molar-refractivity contribution in [3.05, 3.63) is 45.7 Å². The van der Waals surface area contributed by atoms with Crippen molar-refractivity contribution < 1.29 is 9.18 Å². The number of hydrogen-bond acceptors (Lipinski definition) is 4. The van der Waals surface area contributed by atoms with Gasteiger partial charge in [-0.3, -0.25) is 4.79 Å². The lowest BCUT2D eigenvalue weighted by Gasteiger charge is -2.19. The van der Waals surface area contributed by atoms with E-state index in [-0.39, 0.29) is 42.2 Å². The second kappa shape index (κ2) is 9.17. The Bertz CT molecular complexity index is 652. The van der Waals surface area contributed by atoms with Crippen molar-refractivity contribution in [2.24, 2.45) is 0 Å². The van der Waals surface area contributed by atoms with Crippen LogP contribution in [0.1, 0.15) is 22.6 Å². The summed E-state index contributed by atoms with van der Waals surface area (Å²) in [5.74, 6) is -0.477. The summed E-state index contributed by atoms with van der Waals surface area (Å²) in [5, 5.41) is 8.67. The maximum Gasteiger partial charge on any atom is 0.224 e. The largest absolute Gasteiger partial charge is 0.324 e. The topological polar surface area (TPSA) is 54.0 Å². The van der Waals surface area contributed by atoms with Gasteiger partial charge in [-0.15, -0.1) is 36.2 Å². The number of nitrogens with one attached hydrogen (secondary N) is 2. The van der Waals surface area contributed by atoms with E-state index in [1.54, 1.807) is 12.3 Å². The number of carbonyl (C=O) groups excluding carboxylic acids is 1. The fourth-order valence-electron chi connectivity index (χ4n) is 2.44. The van der Waals surface area contributed by atoms with E-state index in [1.165, 1.54) is 11.3 Å². The average Bonchev–Trinajstić information content (AvgIpc) is 3.02. The zero-order chi connectivity index (χ0) is 14.7. The van der Waals surface area contributed by atoms with Crippen LogP contribution >= 0.6 is 36.2 Å². The van der Waals surface area contributed by atoms with Crippen molar-refractivity contribution in [1.29, 1.82) is 0 Å². The Morgan fingerprint density at radius 3 is 2.96 bits per heavy atom. The van der Waals surface area contributed by atoms with Gasteiger partial charge in [-0.2, -0.15) is 0 Å². The molecule has 0 atom stereocenters. The number of rotatable bonds is 4. The molecule has 0 fully saturated rings. The minimum atomic E-state index is -0.295. The number of fused-ring (bicyclic) bond motifs is 1. The number of benzene rings is 1. The molecule has 1 amide bonds. The van der Waals surface area contributed by atoms with E-state index in [0.717, 1.165) is 17.1 Å². The molecule has 0 radical (unpaired) electrons. The van der Waals surface area contributed by atoms with Crippen LogP contribution in [-0.2, 0) is 24.2 Å². The summed E-state index contributed by atoms with van der Waals surface area (Å²) in [6.07, 6.45) is 3.27. The second-order valence-electron chi connectivity index (χ2n) is 4.97. The molecule has 0 saturated carbocycles. The fraction of sp³-hybridized carbons (Fsp3) is 0.333. The van der Waals surface area contributed by atoms with Crippen molar-refractivity contribution in [3.63, 3.8) is 0 Å². The Morgan fingerprint density at radius 2 is 2.22 bits per heavy atom. The molecule has 0 unspecified atom stereocenters. The molecule has 1 aromatic heterocycles. The number of nitrogens with zero attached hydrogens (tertiary/aromatic N) is 1. The first-order chi connectivity index (χ1) is 10.2. The summed E-state index contributed by atoms with van der Waals surface area (Å²) in [6, 6.07) is 3.52. The van der Waals surface area contributed by atoms with E-state index in [0.29, 0.717) is 31.4 Å². The van der Waals surface area contributed by atoms with Crippen LogP contribution in [0, 0.1) is 5.82 Å². The molecule has 4 nitrogen and oxygen atoms in total. The van der Waals surface area contributed by atoms with Crippen molar-refractivity contribution in [2.45, 2.75) is 25.8 Å². The predicted octanol–water partition coefficient (Wildman–Crippen LogP) is 3.34. The summed E-state index contributed by atoms with van der Waals surface area (Å²) in [4.78, 5) is 16.0. The summed E-state index contributed by atoms with van der Waals surface area (Å²) in [6.45, 7) is 1.45. The second-order valence-corrected chi connectivity index (χ2v) is 5.94. The lowest BCUT2D eigenvalue weighted by atomic mass is 9.99. The van der Waals surface area contributed by atoms with Crippen LogP contribution in [0.25, 0.3) is 0 Å². The van der Waals surface area contributed by atoms with E-state index >= 15 is 0 Å². The summed E-state index contributed by atoms with van der Waals surface area (Å²) in [7, 11) is 0. The lowest BCUT2D eigenvalue weighted by molar-refractivity contribution is -0.116. The maximum absolute atomic E-state index is 14.4. The van der Waals surface area contributed by atoms with Crippen molar-refractivity contribution in [1.82, 2.24) is 10.3 Å². The maximum atomic E-state index is 14.4. The molecule has 0 bridgehead atoms. The van der Waals surface area contributed by atoms with Crippen LogP contribution in [-0.4, -0.2) is 17.4 Å². The van der Waals surface area contributed by atoms with Crippen LogP contribution in [0.2, 0.25) is 0 Å². The fourth-order valence-corrected chi connectivity index (χ4v) is 3.06. The number of aryl methyl sites for hydroxylation is 1. The van der Waals surface area contributed by atoms with Gasteiger partial charge in [-0.1, -0.05) is 6.07 Å². The van der Waals surface area contributed by atoms with Gasteiger partial charge in [0.05, 0.1) is 10.7 Å². The van der Waals surface area contributed by atoms with Crippen LogP contribution in [0.4, 0.5) is 10.1 Å². The first-order valence-corrected chi connectivity index (χ1v) is 7.81. The molecular weight excluding hydrogens is 360 g/mol. The third-order valence-corrected chi connectivity index (χ3v) is 4.37. The Balaban J connectivity index is 0.00000132. The van der Waals surface area contributed by atoms with Gasteiger partial charge in [0.2, 0.25) is 5.91 Å². The summed E-state index contributed by atoms with van der Waals surface area (Å²) >= 11 is 1.52. The predicted molar refractivity (Wildman–Crippen MR) is 95.4 cm³/mol. The number of aromatic nitrogens is 1. The SMILES string of the molecule is Cl.Cl.O=C(CCc1nccs1)Nc1ccc2c(c1F)CCNC2. The smallest absolute Gasteiger partial charge is 0.224 e. The molecule has 1 aliphatic rings. The molecule has 0 spiro atoms. The van der Waals surface area contributed by atoms with Crippen LogP contribution in [0.15, 0.2) is 23.7 Å². The minimum absolute atomic E-state index is 0. The third kappa shape index (κ3) is 4.88. The number of thiazole rings is 1. The van der Waals surface area contributed by atoms with E-state index in [9.17, 15) is 9.18 Å². The molecule has 126 valence electrons. The highest BCUT2D eigenvalue weighted by Gasteiger charge is 2.17. The molecule has 2 aromatic rings. The molecule has 0 aliphatic carbocycles. The van der Waals surface area contributed by atoms with Gasteiger partial charge in [0.25, 0.3) is 0 Å². The Labute approximate surface area is 150 Å². The van der Waals surface area contributed by atoms with Crippen LogP contribution in [0.3, 0.4) is 0 Å². The van der Waals surface area contributed by atoms with Gasteiger partial charge in [-0.25, -0.2) is 9.37 Å². The number of amides is 1. The zero-order valence-electron chi connectivity index (χ0n) is 12.3. The Hall–Kier alpha value is -1.21. The van der Waals surface area contributed by atoms with Gasteiger partial charge in [0.15, 0.2) is 0 Å². The van der Waals surface area contributed by atoms with Gasteiger partial charge in [0.1, 0.15) is 5.82 Å². The van der Waals surface area contributed by atoms with Gasteiger partial charge >= 0.3 is 0 Å². The average molecular weight is 378 g/mol. The highest BCUT2D eigenvalue weighted by molar-refractivity contribution is 7.09. The highest BCUT2D eigenvalue weighted by Crippen LogP contribution is 2.24. The monoisotopic (exact) mass is 377 g/mol. The highest BCUT2D eigenvalue weighted by atomic mass is 35.5. The first-order valence-electron chi connectivity index (χ1n) is 6.93. The number of hydrogen-bond donors (Lipinski definition) is 2. The first kappa shape index (κ1) is 19.8.